The van der Waals surface area contributed by atoms with Crippen molar-refractivity contribution in [2.45, 2.75) is 20.4 Å². The number of amides is 1. The molecule has 2 rings (SSSR count). The molecule has 0 radical (unpaired) electrons. The van der Waals surface area contributed by atoms with Gasteiger partial charge in [0, 0.05) is 6.20 Å². The number of aryl methyl sites for hydroxylation is 2. The molecule has 0 aliphatic heterocycles. The zero-order valence-corrected chi connectivity index (χ0v) is 11.8. The van der Waals surface area contributed by atoms with E-state index in [2.05, 4.69) is 15.3 Å². The Morgan fingerprint density at radius 3 is 2.75 bits per heavy atom. The maximum atomic E-state index is 12.0. The molecule has 7 heteroatoms. The number of hydrogen-bond donors (Lipinski definition) is 2. The number of aromatic nitrogens is 2. The van der Waals surface area contributed by atoms with Crippen molar-refractivity contribution < 1.29 is 14.7 Å². The summed E-state index contributed by atoms with van der Waals surface area (Å²) in [5.74, 6) is -1.30. The van der Waals surface area contributed by atoms with Gasteiger partial charge >= 0.3 is 5.97 Å². The van der Waals surface area contributed by atoms with Gasteiger partial charge in [0.1, 0.15) is 15.6 Å². The van der Waals surface area contributed by atoms with Gasteiger partial charge in [-0.1, -0.05) is 6.07 Å². The minimum absolute atomic E-state index is 0.188. The van der Waals surface area contributed by atoms with Gasteiger partial charge in [-0.2, -0.15) is 0 Å². The smallest absolute Gasteiger partial charge is 0.347 e. The average molecular weight is 291 g/mol. The zero-order chi connectivity index (χ0) is 14.7. The number of carboxylic acids is 1. The largest absolute Gasteiger partial charge is 0.477 e. The summed E-state index contributed by atoms with van der Waals surface area (Å²) in [6.45, 7) is 3.62. The van der Waals surface area contributed by atoms with Crippen LogP contribution in [0.3, 0.4) is 0 Å². The summed E-state index contributed by atoms with van der Waals surface area (Å²) in [5, 5.41) is 12.2. The van der Waals surface area contributed by atoms with E-state index in [1.807, 2.05) is 0 Å². The molecular weight excluding hydrogens is 278 g/mol. The minimum atomic E-state index is -1.00. The molecule has 20 heavy (non-hydrogen) atoms. The number of hydrogen-bond acceptors (Lipinski definition) is 5. The first-order valence-corrected chi connectivity index (χ1v) is 6.70. The van der Waals surface area contributed by atoms with Crippen LogP contribution in [0, 0.1) is 13.8 Å². The zero-order valence-electron chi connectivity index (χ0n) is 11.0. The van der Waals surface area contributed by atoms with E-state index in [9.17, 15) is 9.59 Å². The van der Waals surface area contributed by atoms with Gasteiger partial charge in [0.25, 0.3) is 5.91 Å². The van der Waals surface area contributed by atoms with Crippen molar-refractivity contribution >= 4 is 23.2 Å². The first-order valence-electron chi connectivity index (χ1n) is 5.88. The molecule has 0 unspecified atom stereocenters. The fourth-order valence-electron chi connectivity index (χ4n) is 1.69. The van der Waals surface area contributed by atoms with Gasteiger partial charge in [0.15, 0.2) is 0 Å². The second-order valence-electron chi connectivity index (χ2n) is 4.18. The van der Waals surface area contributed by atoms with E-state index in [4.69, 9.17) is 5.11 Å². The van der Waals surface area contributed by atoms with Gasteiger partial charge < -0.3 is 10.4 Å². The average Bonchev–Trinajstić information content (AvgIpc) is 2.78. The van der Waals surface area contributed by atoms with Crippen molar-refractivity contribution in [1.82, 2.24) is 15.3 Å². The van der Waals surface area contributed by atoms with Crippen LogP contribution in [0.4, 0.5) is 0 Å². The number of nitrogens with zero attached hydrogens (tertiary/aromatic N) is 2. The van der Waals surface area contributed by atoms with E-state index in [-0.39, 0.29) is 17.3 Å². The SMILES string of the molecule is Cc1cccnc1C(=O)NCc1nc(C)c(C(=O)O)s1. The van der Waals surface area contributed by atoms with Crippen LogP contribution in [0.25, 0.3) is 0 Å². The lowest BCUT2D eigenvalue weighted by molar-refractivity contribution is 0.0701. The first kappa shape index (κ1) is 14.1. The summed E-state index contributed by atoms with van der Waals surface area (Å²) in [4.78, 5) is 31.2. The highest BCUT2D eigenvalue weighted by atomic mass is 32.1. The molecule has 0 saturated heterocycles. The molecule has 0 aliphatic rings. The number of pyridine rings is 1. The number of aromatic carboxylic acids is 1. The molecule has 0 spiro atoms. The van der Waals surface area contributed by atoms with Crippen LogP contribution in [0.1, 0.15) is 36.4 Å². The second kappa shape index (κ2) is 5.79. The Morgan fingerprint density at radius 2 is 2.15 bits per heavy atom. The Balaban J connectivity index is 2.06. The molecule has 2 heterocycles. The Hall–Kier alpha value is -2.28. The summed E-state index contributed by atoms with van der Waals surface area (Å²) in [5.41, 5.74) is 1.60. The third kappa shape index (κ3) is 3.00. The van der Waals surface area contributed by atoms with Gasteiger partial charge in [-0.25, -0.2) is 9.78 Å². The van der Waals surface area contributed by atoms with Gasteiger partial charge in [0.05, 0.1) is 12.2 Å². The van der Waals surface area contributed by atoms with Crippen LogP contribution in [-0.2, 0) is 6.54 Å². The number of carbonyl (C=O) groups is 2. The number of rotatable bonds is 4. The van der Waals surface area contributed by atoms with Crippen LogP contribution >= 0.6 is 11.3 Å². The monoisotopic (exact) mass is 291 g/mol. The van der Waals surface area contributed by atoms with Crippen molar-refractivity contribution in [3.05, 3.63) is 45.2 Å². The molecule has 1 amide bonds. The Kier molecular flexibility index (Phi) is 4.09. The molecule has 0 bridgehead atoms. The fourth-order valence-corrected chi connectivity index (χ4v) is 2.53. The molecule has 0 aliphatic carbocycles. The second-order valence-corrected chi connectivity index (χ2v) is 5.26. The predicted molar refractivity (Wildman–Crippen MR) is 74.0 cm³/mol. The number of nitrogens with one attached hydrogen (secondary N) is 1. The fraction of sp³-hybridized carbons (Fsp3) is 0.231. The van der Waals surface area contributed by atoms with E-state index >= 15 is 0 Å². The highest BCUT2D eigenvalue weighted by Gasteiger charge is 2.15. The molecule has 104 valence electrons. The quantitative estimate of drug-likeness (QED) is 0.895. The highest BCUT2D eigenvalue weighted by molar-refractivity contribution is 7.13. The van der Waals surface area contributed by atoms with Crippen LogP contribution in [0.2, 0.25) is 0 Å². The lowest BCUT2D eigenvalue weighted by Crippen LogP contribution is -2.24. The maximum absolute atomic E-state index is 12.0. The molecule has 0 fully saturated rings. The van der Waals surface area contributed by atoms with Crippen molar-refractivity contribution in [2.75, 3.05) is 0 Å². The molecule has 0 atom stereocenters. The van der Waals surface area contributed by atoms with E-state index in [0.717, 1.165) is 16.9 Å². The standard InChI is InChI=1S/C13H13N3O3S/c1-7-4-3-5-14-10(7)12(17)15-6-9-16-8(2)11(20-9)13(18)19/h3-5H,6H2,1-2H3,(H,15,17)(H,18,19). The Morgan fingerprint density at radius 1 is 1.40 bits per heavy atom. The van der Waals surface area contributed by atoms with Crippen molar-refractivity contribution in [2.24, 2.45) is 0 Å². The van der Waals surface area contributed by atoms with Crippen molar-refractivity contribution in [3.63, 3.8) is 0 Å². The van der Waals surface area contributed by atoms with E-state index in [1.165, 1.54) is 0 Å². The van der Waals surface area contributed by atoms with Gasteiger partial charge in [-0.3, -0.25) is 9.78 Å². The van der Waals surface area contributed by atoms with Gasteiger partial charge in [-0.05, 0) is 25.5 Å². The molecule has 2 aromatic rings. The Bertz CT molecular complexity index is 667. The maximum Gasteiger partial charge on any atom is 0.347 e. The molecule has 0 aromatic carbocycles. The molecule has 6 nitrogen and oxygen atoms in total. The topological polar surface area (TPSA) is 92.2 Å². The van der Waals surface area contributed by atoms with Crippen LogP contribution in [0.5, 0.6) is 0 Å². The molecule has 2 aromatic heterocycles. The molecule has 2 N–H and O–H groups in total. The van der Waals surface area contributed by atoms with E-state index in [0.29, 0.717) is 16.4 Å². The normalized spacial score (nSPS) is 10.3. The highest BCUT2D eigenvalue weighted by Crippen LogP contribution is 2.17. The van der Waals surface area contributed by atoms with E-state index in [1.54, 1.807) is 32.2 Å². The third-order valence-corrected chi connectivity index (χ3v) is 3.81. The lowest BCUT2D eigenvalue weighted by Gasteiger charge is -2.04. The number of thiazole rings is 1. The van der Waals surface area contributed by atoms with Crippen molar-refractivity contribution in [1.29, 1.82) is 0 Å². The van der Waals surface area contributed by atoms with E-state index < -0.39 is 5.97 Å². The minimum Gasteiger partial charge on any atom is -0.477 e. The summed E-state index contributed by atoms with van der Waals surface area (Å²) in [7, 11) is 0. The summed E-state index contributed by atoms with van der Waals surface area (Å²) < 4.78 is 0. The lowest BCUT2D eigenvalue weighted by atomic mass is 10.2. The van der Waals surface area contributed by atoms with Gasteiger partial charge in [0.2, 0.25) is 0 Å². The van der Waals surface area contributed by atoms with Crippen LogP contribution in [-0.4, -0.2) is 27.0 Å². The predicted octanol–water partition coefficient (Wildman–Crippen LogP) is 1.78. The third-order valence-electron chi connectivity index (χ3n) is 2.66. The Labute approximate surface area is 119 Å². The van der Waals surface area contributed by atoms with Crippen LogP contribution < -0.4 is 5.32 Å². The summed E-state index contributed by atoms with van der Waals surface area (Å²) in [6.07, 6.45) is 1.55. The first-order chi connectivity index (χ1) is 9.49. The van der Waals surface area contributed by atoms with Crippen LogP contribution in [0.15, 0.2) is 18.3 Å². The molecular formula is C13H13N3O3S. The van der Waals surface area contributed by atoms with Gasteiger partial charge in [-0.15, -0.1) is 11.3 Å². The number of carboxylic acid groups (broad SMARTS) is 1. The number of carbonyl (C=O) groups excluding carboxylic acids is 1. The van der Waals surface area contributed by atoms with Crippen molar-refractivity contribution in [3.8, 4) is 0 Å². The summed E-state index contributed by atoms with van der Waals surface area (Å²) in [6, 6.07) is 3.56. The molecule has 0 saturated carbocycles. The summed E-state index contributed by atoms with van der Waals surface area (Å²) >= 11 is 1.06.